The third-order valence-corrected chi connectivity index (χ3v) is 3.79. The number of nitrogens with one attached hydrogen (secondary N) is 1. The molecule has 2 rings (SSSR count). The summed E-state index contributed by atoms with van der Waals surface area (Å²) in [6.07, 6.45) is 2.05. The molecular formula is C17H27ClN2O3. The summed E-state index contributed by atoms with van der Waals surface area (Å²) in [6.45, 7) is 5.50. The van der Waals surface area contributed by atoms with Gasteiger partial charge in [-0.3, -0.25) is 4.79 Å². The fourth-order valence-corrected chi connectivity index (χ4v) is 2.60. The van der Waals surface area contributed by atoms with E-state index < -0.39 is 0 Å². The molecule has 5 nitrogen and oxygen atoms in total. The number of nitrogens with zero attached hydrogens (tertiary/aromatic N) is 1. The van der Waals surface area contributed by atoms with E-state index in [1.165, 1.54) is 0 Å². The average Bonchev–Trinajstić information content (AvgIpc) is 3.01. The van der Waals surface area contributed by atoms with Crippen molar-refractivity contribution in [2.75, 3.05) is 39.9 Å². The van der Waals surface area contributed by atoms with Gasteiger partial charge in [0, 0.05) is 13.1 Å². The van der Waals surface area contributed by atoms with E-state index in [9.17, 15) is 4.79 Å². The number of benzene rings is 1. The second-order valence-electron chi connectivity index (χ2n) is 5.66. The van der Waals surface area contributed by atoms with Crippen LogP contribution in [0.25, 0.3) is 0 Å². The number of amides is 1. The summed E-state index contributed by atoms with van der Waals surface area (Å²) >= 11 is 0. The Labute approximate surface area is 144 Å². The minimum absolute atomic E-state index is 0. The minimum Gasteiger partial charge on any atom is -0.494 e. The van der Waals surface area contributed by atoms with Gasteiger partial charge >= 0.3 is 0 Å². The van der Waals surface area contributed by atoms with Crippen LogP contribution in [0.5, 0.6) is 11.5 Å². The first-order valence-electron chi connectivity index (χ1n) is 8.01. The van der Waals surface area contributed by atoms with Gasteiger partial charge in [-0.05, 0) is 56.6 Å². The lowest BCUT2D eigenvalue weighted by Gasteiger charge is -2.17. The number of ether oxygens (including phenoxy) is 2. The molecule has 1 saturated heterocycles. The van der Waals surface area contributed by atoms with Crippen molar-refractivity contribution < 1.29 is 14.3 Å². The third kappa shape index (κ3) is 6.28. The molecule has 1 unspecified atom stereocenters. The van der Waals surface area contributed by atoms with Crippen molar-refractivity contribution >= 4 is 18.3 Å². The second-order valence-corrected chi connectivity index (χ2v) is 5.66. The maximum atomic E-state index is 12.1. The summed E-state index contributed by atoms with van der Waals surface area (Å²) in [4.78, 5) is 14.0. The molecular weight excluding hydrogens is 316 g/mol. The molecule has 0 radical (unpaired) electrons. The highest BCUT2D eigenvalue weighted by Gasteiger charge is 2.25. The second kappa shape index (κ2) is 10.3. The fraction of sp³-hybridized carbons (Fsp3) is 0.588. The normalized spacial score (nSPS) is 16.8. The van der Waals surface area contributed by atoms with E-state index in [2.05, 4.69) is 12.2 Å². The molecule has 0 aliphatic carbocycles. The van der Waals surface area contributed by atoms with Gasteiger partial charge in [0.2, 0.25) is 0 Å². The molecule has 1 fully saturated rings. The zero-order chi connectivity index (χ0) is 15.8. The van der Waals surface area contributed by atoms with Crippen LogP contribution in [0.4, 0.5) is 0 Å². The molecule has 1 atom stereocenters. The van der Waals surface area contributed by atoms with Gasteiger partial charge in [0.15, 0.2) is 6.61 Å². The number of carbonyl (C=O) groups excluding carboxylic acids is 1. The van der Waals surface area contributed by atoms with Crippen LogP contribution in [0.2, 0.25) is 0 Å². The van der Waals surface area contributed by atoms with E-state index in [0.717, 1.165) is 38.2 Å². The monoisotopic (exact) mass is 342 g/mol. The lowest BCUT2D eigenvalue weighted by molar-refractivity contribution is -0.132. The number of likely N-dealkylation sites (tertiary alicyclic amines) is 1. The van der Waals surface area contributed by atoms with Crippen LogP contribution in [-0.4, -0.2) is 50.7 Å². The average molecular weight is 343 g/mol. The zero-order valence-corrected chi connectivity index (χ0v) is 14.7. The Morgan fingerprint density at radius 1 is 1.26 bits per heavy atom. The summed E-state index contributed by atoms with van der Waals surface area (Å²) in [6, 6.07) is 7.42. The van der Waals surface area contributed by atoms with E-state index in [-0.39, 0.29) is 24.9 Å². The van der Waals surface area contributed by atoms with Gasteiger partial charge in [0.25, 0.3) is 5.91 Å². The van der Waals surface area contributed by atoms with Gasteiger partial charge < -0.3 is 19.7 Å². The number of hydrogen-bond donors (Lipinski definition) is 1. The molecule has 1 aliphatic heterocycles. The topological polar surface area (TPSA) is 50.8 Å². The summed E-state index contributed by atoms with van der Waals surface area (Å²) in [7, 11) is 1.95. The Hall–Kier alpha value is -1.46. The van der Waals surface area contributed by atoms with Crippen molar-refractivity contribution in [1.82, 2.24) is 10.2 Å². The third-order valence-electron chi connectivity index (χ3n) is 3.79. The van der Waals surface area contributed by atoms with Crippen molar-refractivity contribution in [2.45, 2.75) is 19.8 Å². The van der Waals surface area contributed by atoms with Crippen molar-refractivity contribution in [1.29, 1.82) is 0 Å². The molecule has 1 heterocycles. The zero-order valence-electron chi connectivity index (χ0n) is 13.9. The van der Waals surface area contributed by atoms with Crippen LogP contribution in [0.1, 0.15) is 19.8 Å². The summed E-state index contributed by atoms with van der Waals surface area (Å²) in [5.41, 5.74) is 0. The van der Waals surface area contributed by atoms with Crippen molar-refractivity contribution in [3.63, 3.8) is 0 Å². The Bertz CT molecular complexity index is 467. The number of rotatable bonds is 8. The van der Waals surface area contributed by atoms with Gasteiger partial charge in [-0.25, -0.2) is 0 Å². The molecule has 1 aromatic rings. The number of halogens is 1. The Morgan fingerprint density at radius 2 is 1.91 bits per heavy atom. The predicted molar refractivity (Wildman–Crippen MR) is 93.6 cm³/mol. The van der Waals surface area contributed by atoms with Crippen LogP contribution in [-0.2, 0) is 4.79 Å². The highest BCUT2D eigenvalue weighted by atomic mass is 35.5. The first kappa shape index (κ1) is 19.6. The molecule has 0 bridgehead atoms. The molecule has 6 heteroatoms. The van der Waals surface area contributed by atoms with Gasteiger partial charge in [0.1, 0.15) is 11.5 Å². The first-order chi connectivity index (χ1) is 10.7. The van der Waals surface area contributed by atoms with Crippen LogP contribution in [0.3, 0.4) is 0 Å². The van der Waals surface area contributed by atoms with Gasteiger partial charge in [-0.15, -0.1) is 12.4 Å². The predicted octanol–water partition coefficient (Wildman–Crippen LogP) is 2.34. The van der Waals surface area contributed by atoms with Crippen LogP contribution in [0, 0.1) is 5.92 Å². The molecule has 130 valence electrons. The highest BCUT2D eigenvalue weighted by molar-refractivity contribution is 5.85. The van der Waals surface area contributed by atoms with Gasteiger partial charge in [-0.2, -0.15) is 0 Å². The van der Waals surface area contributed by atoms with E-state index in [4.69, 9.17) is 9.47 Å². The van der Waals surface area contributed by atoms with Crippen molar-refractivity contribution in [2.24, 2.45) is 5.92 Å². The van der Waals surface area contributed by atoms with E-state index in [1.54, 1.807) is 0 Å². The minimum atomic E-state index is 0. The molecule has 23 heavy (non-hydrogen) atoms. The molecule has 0 saturated carbocycles. The van der Waals surface area contributed by atoms with Crippen LogP contribution in [0.15, 0.2) is 24.3 Å². The smallest absolute Gasteiger partial charge is 0.260 e. The number of carbonyl (C=O) groups is 1. The lowest BCUT2D eigenvalue weighted by atomic mass is 10.1. The SMILES string of the molecule is CCCOc1ccc(OCC(=O)N2CCC(CNC)C2)cc1.Cl. The largest absolute Gasteiger partial charge is 0.494 e. The Morgan fingerprint density at radius 3 is 2.52 bits per heavy atom. The quantitative estimate of drug-likeness (QED) is 0.788. The first-order valence-corrected chi connectivity index (χ1v) is 8.01. The molecule has 1 amide bonds. The molecule has 1 aliphatic rings. The molecule has 1 N–H and O–H groups in total. The van der Waals surface area contributed by atoms with Gasteiger partial charge in [0.05, 0.1) is 6.61 Å². The van der Waals surface area contributed by atoms with Gasteiger partial charge in [-0.1, -0.05) is 6.92 Å². The Kier molecular flexibility index (Phi) is 8.81. The van der Waals surface area contributed by atoms with Crippen LogP contribution < -0.4 is 14.8 Å². The maximum Gasteiger partial charge on any atom is 0.260 e. The van der Waals surface area contributed by atoms with E-state index in [0.29, 0.717) is 18.3 Å². The van der Waals surface area contributed by atoms with E-state index >= 15 is 0 Å². The molecule has 1 aromatic carbocycles. The molecule has 0 spiro atoms. The maximum absolute atomic E-state index is 12.1. The highest BCUT2D eigenvalue weighted by Crippen LogP contribution is 2.19. The van der Waals surface area contributed by atoms with Crippen molar-refractivity contribution in [3.05, 3.63) is 24.3 Å². The number of hydrogen-bond acceptors (Lipinski definition) is 4. The lowest BCUT2D eigenvalue weighted by Crippen LogP contribution is -2.34. The van der Waals surface area contributed by atoms with Crippen LogP contribution >= 0.6 is 12.4 Å². The summed E-state index contributed by atoms with van der Waals surface area (Å²) in [5.74, 6) is 2.15. The summed E-state index contributed by atoms with van der Waals surface area (Å²) < 4.78 is 11.1. The summed E-state index contributed by atoms with van der Waals surface area (Å²) in [5, 5.41) is 3.17. The fourth-order valence-electron chi connectivity index (χ4n) is 2.60. The van der Waals surface area contributed by atoms with Crippen molar-refractivity contribution in [3.8, 4) is 11.5 Å². The molecule has 0 aromatic heterocycles. The Balaban J connectivity index is 0.00000264. The van der Waals surface area contributed by atoms with E-state index in [1.807, 2.05) is 36.2 Å². The standard InChI is InChI=1S/C17H26N2O3.ClH/c1-3-10-21-15-4-6-16(7-5-15)22-13-17(20)19-9-8-14(12-19)11-18-2;/h4-7,14,18H,3,8-13H2,1-2H3;1H.